The molecule has 0 saturated heterocycles. The standard InChI is InChI=1S/C23H23N2O4P/c1-4-28-30(27,29-5-2)21-13-15(3)12-18-19(23(26)25-22(18)21)14-17-11-10-16-8-6-7-9-20(16)24-17/h6-14H,4-5H2,1-3H3,(H,25,26)/b19-14-. The Balaban J connectivity index is 1.85. The number of benzene rings is 2. The van der Waals surface area contributed by atoms with Crippen LogP contribution in [0.1, 0.15) is 30.7 Å². The first-order valence-corrected chi connectivity index (χ1v) is 11.4. The fraction of sp³-hybridized carbons (Fsp3) is 0.217. The predicted molar refractivity (Wildman–Crippen MR) is 120 cm³/mol. The van der Waals surface area contributed by atoms with Crippen LogP contribution in [0.2, 0.25) is 0 Å². The van der Waals surface area contributed by atoms with Crippen molar-refractivity contribution in [3.05, 3.63) is 65.4 Å². The fourth-order valence-electron chi connectivity index (χ4n) is 3.60. The average molecular weight is 422 g/mol. The van der Waals surface area contributed by atoms with Crippen molar-refractivity contribution in [2.45, 2.75) is 20.8 Å². The molecule has 1 N–H and O–H groups in total. The maximum Gasteiger partial charge on any atom is 0.363 e. The molecule has 0 atom stereocenters. The van der Waals surface area contributed by atoms with E-state index in [1.54, 1.807) is 26.0 Å². The molecule has 2 aromatic carbocycles. The summed E-state index contributed by atoms with van der Waals surface area (Å²) >= 11 is 0. The van der Waals surface area contributed by atoms with Gasteiger partial charge in [-0.05, 0) is 56.7 Å². The number of nitrogens with zero attached hydrogens (tertiary/aromatic N) is 1. The Morgan fingerprint density at radius 3 is 2.53 bits per heavy atom. The molecule has 0 unspecified atom stereocenters. The summed E-state index contributed by atoms with van der Waals surface area (Å²) in [7, 11) is -3.57. The Morgan fingerprint density at radius 1 is 1.07 bits per heavy atom. The molecule has 3 aromatic rings. The SMILES string of the molecule is CCOP(=O)(OCC)c1cc(C)cc2c1NC(=O)/C2=C\c1ccc2ccccc2n1. The molecule has 2 heterocycles. The third kappa shape index (κ3) is 3.70. The van der Waals surface area contributed by atoms with E-state index in [1.807, 2.05) is 49.4 Å². The van der Waals surface area contributed by atoms with E-state index in [1.165, 1.54) is 0 Å². The number of para-hydroxylation sites is 1. The summed E-state index contributed by atoms with van der Waals surface area (Å²) in [6, 6.07) is 15.3. The van der Waals surface area contributed by atoms with Gasteiger partial charge in [-0.1, -0.05) is 24.3 Å². The van der Waals surface area contributed by atoms with Crippen LogP contribution in [0.3, 0.4) is 0 Å². The maximum atomic E-state index is 13.4. The number of hydrogen-bond acceptors (Lipinski definition) is 5. The number of nitrogens with one attached hydrogen (secondary N) is 1. The lowest BCUT2D eigenvalue weighted by atomic mass is 10.0. The number of carbonyl (C=O) groups is 1. The molecule has 30 heavy (non-hydrogen) atoms. The second kappa shape index (κ2) is 8.15. The van der Waals surface area contributed by atoms with Crippen LogP contribution in [0.5, 0.6) is 0 Å². The largest absolute Gasteiger partial charge is 0.363 e. The van der Waals surface area contributed by atoms with Crippen LogP contribution in [-0.4, -0.2) is 24.1 Å². The predicted octanol–water partition coefficient (Wildman–Crippen LogP) is 4.93. The fourth-order valence-corrected chi connectivity index (χ4v) is 5.44. The molecule has 1 aliphatic rings. The quantitative estimate of drug-likeness (QED) is 0.450. The van der Waals surface area contributed by atoms with E-state index in [9.17, 15) is 9.36 Å². The smallest absolute Gasteiger partial charge is 0.321 e. The van der Waals surface area contributed by atoms with E-state index in [0.29, 0.717) is 27.8 Å². The molecule has 4 rings (SSSR count). The summed E-state index contributed by atoms with van der Waals surface area (Å²) in [5.41, 5.74) is 4.00. The van der Waals surface area contributed by atoms with Crippen LogP contribution in [-0.2, 0) is 18.4 Å². The van der Waals surface area contributed by atoms with Gasteiger partial charge in [0.05, 0.1) is 41.0 Å². The zero-order valence-corrected chi connectivity index (χ0v) is 18.0. The van der Waals surface area contributed by atoms with Gasteiger partial charge in [0, 0.05) is 10.9 Å². The third-order valence-electron chi connectivity index (χ3n) is 4.84. The van der Waals surface area contributed by atoms with E-state index >= 15 is 0 Å². The Bertz CT molecular complexity index is 1210. The van der Waals surface area contributed by atoms with Gasteiger partial charge in [-0.2, -0.15) is 0 Å². The van der Waals surface area contributed by atoms with Gasteiger partial charge in [0.1, 0.15) is 0 Å². The topological polar surface area (TPSA) is 77.5 Å². The molecule has 0 spiro atoms. The normalized spacial score (nSPS) is 14.9. The molecule has 0 saturated carbocycles. The molecule has 0 aliphatic carbocycles. The molecular weight excluding hydrogens is 399 g/mol. The lowest BCUT2D eigenvalue weighted by Crippen LogP contribution is -2.16. The summed E-state index contributed by atoms with van der Waals surface area (Å²) < 4.78 is 24.5. The monoisotopic (exact) mass is 422 g/mol. The summed E-state index contributed by atoms with van der Waals surface area (Å²) in [5, 5.41) is 4.27. The molecule has 0 bridgehead atoms. The van der Waals surface area contributed by atoms with Crippen LogP contribution in [0.25, 0.3) is 22.6 Å². The number of pyridine rings is 1. The average Bonchev–Trinajstić information content (AvgIpc) is 3.03. The zero-order chi connectivity index (χ0) is 21.3. The molecule has 6 nitrogen and oxygen atoms in total. The first-order chi connectivity index (χ1) is 14.4. The number of hydrogen-bond donors (Lipinski definition) is 1. The van der Waals surface area contributed by atoms with Gasteiger partial charge in [-0.15, -0.1) is 0 Å². The van der Waals surface area contributed by atoms with Crippen molar-refractivity contribution in [3.63, 3.8) is 0 Å². The number of anilines is 1. The molecule has 7 heteroatoms. The lowest BCUT2D eigenvalue weighted by molar-refractivity contribution is -0.110. The van der Waals surface area contributed by atoms with E-state index < -0.39 is 7.60 Å². The van der Waals surface area contributed by atoms with Crippen molar-refractivity contribution in [1.29, 1.82) is 0 Å². The number of aryl methyl sites for hydroxylation is 1. The van der Waals surface area contributed by atoms with Crippen molar-refractivity contribution in [1.82, 2.24) is 4.98 Å². The number of amides is 1. The van der Waals surface area contributed by atoms with Crippen LogP contribution in [0, 0.1) is 6.92 Å². The van der Waals surface area contributed by atoms with E-state index in [0.717, 1.165) is 16.5 Å². The molecule has 154 valence electrons. The van der Waals surface area contributed by atoms with Gasteiger partial charge in [0.25, 0.3) is 5.91 Å². The van der Waals surface area contributed by atoms with Crippen LogP contribution in [0.15, 0.2) is 48.5 Å². The summed E-state index contributed by atoms with van der Waals surface area (Å²) in [5.74, 6) is -0.272. The third-order valence-corrected chi connectivity index (χ3v) is 6.98. The summed E-state index contributed by atoms with van der Waals surface area (Å²) in [6.45, 7) is 5.88. The Labute approximate surface area is 175 Å². The van der Waals surface area contributed by atoms with Gasteiger partial charge >= 0.3 is 7.60 Å². The molecule has 1 amide bonds. The summed E-state index contributed by atoms with van der Waals surface area (Å²) in [4.78, 5) is 17.5. The molecule has 0 radical (unpaired) electrons. The van der Waals surface area contributed by atoms with Crippen molar-refractivity contribution >= 4 is 47.0 Å². The number of aromatic nitrogens is 1. The van der Waals surface area contributed by atoms with Crippen molar-refractivity contribution < 1.29 is 18.4 Å². The van der Waals surface area contributed by atoms with E-state index in [2.05, 4.69) is 10.3 Å². The Morgan fingerprint density at radius 2 is 1.80 bits per heavy atom. The van der Waals surface area contributed by atoms with Crippen molar-refractivity contribution in [3.8, 4) is 0 Å². The van der Waals surface area contributed by atoms with Gasteiger partial charge in [0.15, 0.2) is 0 Å². The Kier molecular flexibility index (Phi) is 5.56. The van der Waals surface area contributed by atoms with Gasteiger partial charge in [-0.25, -0.2) is 4.98 Å². The first-order valence-electron chi connectivity index (χ1n) is 9.88. The van der Waals surface area contributed by atoms with Crippen LogP contribution < -0.4 is 10.6 Å². The minimum Gasteiger partial charge on any atom is -0.321 e. The second-order valence-electron chi connectivity index (χ2n) is 6.98. The molecule has 1 aliphatic heterocycles. The van der Waals surface area contributed by atoms with Gasteiger partial charge in [0.2, 0.25) is 0 Å². The molecule has 1 aromatic heterocycles. The second-order valence-corrected chi connectivity index (χ2v) is 8.97. The highest BCUT2D eigenvalue weighted by molar-refractivity contribution is 7.62. The van der Waals surface area contributed by atoms with E-state index in [-0.39, 0.29) is 19.1 Å². The van der Waals surface area contributed by atoms with Crippen LogP contribution >= 0.6 is 7.60 Å². The minimum atomic E-state index is -3.57. The zero-order valence-electron chi connectivity index (χ0n) is 17.1. The molecule has 0 fully saturated rings. The minimum absolute atomic E-state index is 0.234. The highest BCUT2D eigenvalue weighted by Gasteiger charge is 2.36. The van der Waals surface area contributed by atoms with Gasteiger partial charge < -0.3 is 14.4 Å². The highest BCUT2D eigenvalue weighted by atomic mass is 31.2. The van der Waals surface area contributed by atoms with Gasteiger partial charge in [-0.3, -0.25) is 9.36 Å². The number of rotatable bonds is 6. The first kappa shape index (κ1) is 20.5. The van der Waals surface area contributed by atoms with Crippen LogP contribution in [0.4, 0.5) is 5.69 Å². The van der Waals surface area contributed by atoms with Crippen molar-refractivity contribution in [2.24, 2.45) is 0 Å². The van der Waals surface area contributed by atoms with E-state index in [4.69, 9.17) is 9.05 Å². The maximum absolute atomic E-state index is 13.4. The lowest BCUT2D eigenvalue weighted by Gasteiger charge is -2.20. The number of carbonyl (C=O) groups excluding carboxylic acids is 1. The Hall–Kier alpha value is -2.79. The highest BCUT2D eigenvalue weighted by Crippen LogP contribution is 2.51. The summed E-state index contributed by atoms with van der Waals surface area (Å²) in [6.07, 6.45) is 1.75. The molecular formula is C23H23N2O4P. The van der Waals surface area contributed by atoms with Crippen molar-refractivity contribution in [2.75, 3.05) is 18.5 Å². The number of fused-ring (bicyclic) bond motifs is 2.